The predicted octanol–water partition coefficient (Wildman–Crippen LogP) is 2.81. The molecule has 28 heavy (non-hydrogen) atoms. The van der Waals surface area contributed by atoms with Crippen LogP contribution in [0.4, 0.5) is 0 Å². The normalized spacial score (nSPS) is 15.1. The van der Waals surface area contributed by atoms with Crippen LogP contribution in [-0.4, -0.2) is 37.0 Å². The standard InChI is InChI=1S/C22H32N2O4/c1-14(2)19(21(27)23-12-18(25)28-13-15-6-7-15)24-20(26)16-8-10-17(11-9-16)22(3,4)5/h8-11,14-15,19H,6-7,12-13H2,1-5H3,(H,23,27)(H,24,26). The highest BCUT2D eigenvalue weighted by Gasteiger charge is 2.26. The summed E-state index contributed by atoms with van der Waals surface area (Å²) in [7, 11) is 0. The molecular weight excluding hydrogens is 356 g/mol. The van der Waals surface area contributed by atoms with Gasteiger partial charge in [-0.3, -0.25) is 14.4 Å². The van der Waals surface area contributed by atoms with Crippen molar-refractivity contribution in [3.05, 3.63) is 35.4 Å². The molecule has 0 heterocycles. The van der Waals surface area contributed by atoms with E-state index in [1.165, 1.54) is 0 Å². The van der Waals surface area contributed by atoms with E-state index in [2.05, 4.69) is 31.4 Å². The van der Waals surface area contributed by atoms with E-state index in [0.717, 1.165) is 18.4 Å². The van der Waals surface area contributed by atoms with Crippen LogP contribution >= 0.6 is 0 Å². The first kappa shape index (κ1) is 21.9. The van der Waals surface area contributed by atoms with Gasteiger partial charge in [-0.2, -0.15) is 0 Å². The lowest BCUT2D eigenvalue weighted by atomic mass is 9.86. The number of hydrogen-bond acceptors (Lipinski definition) is 4. The summed E-state index contributed by atoms with van der Waals surface area (Å²) < 4.78 is 5.10. The van der Waals surface area contributed by atoms with Crippen LogP contribution in [0.2, 0.25) is 0 Å². The third-order valence-electron chi connectivity index (χ3n) is 4.83. The number of nitrogens with one attached hydrogen (secondary N) is 2. The summed E-state index contributed by atoms with van der Waals surface area (Å²) in [5.74, 6) is -0.803. The van der Waals surface area contributed by atoms with E-state index in [0.29, 0.717) is 18.1 Å². The average molecular weight is 389 g/mol. The minimum absolute atomic E-state index is 0.00345. The van der Waals surface area contributed by atoms with Gasteiger partial charge in [-0.1, -0.05) is 46.8 Å². The summed E-state index contributed by atoms with van der Waals surface area (Å²) in [5, 5.41) is 5.34. The molecule has 2 amide bonds. The molecule has 0 saturated heterocycles. The molecule has 2 N–H and O–H groups in total. The van der Waals surface area contributed by atoms with Crippen molar-refractivity contribution in [2.45, 2.75) is 58.9 Å². The van der Waals surface area contributed by atoms with Gasteiger partial charge in [-0.05, 0) is 47.8 Å². The van der Waals surface area contributed by atoms with Gasteiger partial charge in [0, 0.05) is 5.56 Å². The van der Waals surface area contributed by atoms with Crippen molar-refractivity contribution in [2.24, 2.45) is 11.8 Å². The third kappa shape index (κ3) is 6.66. The monoisotopic (exact) mass is 388 g/mol. The number of carbonyl (C=O) groups excluding carboxylic acids is 3. The molecule has 6 heteroatoms. The van der Waals surface area contributed by atoms with Crippen LogP contribution in [0.25, 0.3) is 0 Å². The molecule has 1 atom stereocenters. The van der Waals surface area contributed by atoms with E-state index in [1.54, 1.807) is 12.1 Å². The van der Waals surface area contributed by atoms with Gasteiger partial charge in [0.1, 0.15) is 12.6 Å². The third-order valence-corrected chi connectivity index (χ3v) is 4.83. The largest absolute Gasteiger partial charge is 0.464 e. The van der Waals surface area contributed by atoms with Gasteiger partial charge in [0.2, 0.25) is 5.91 Å². The Balaban J connectivity index is 1.90. The first-order valence-electron chi connectivity index (χ1n) is 9.92. The van der Waals surface area contributed by atoms with E-state index in [-0.39, 0.29) is 23.8 Å². The summed E-state index contributed by atoms with van der Waals surface area (Å²) in [6.45, 7) is 10.2. The molecule has 154 valence electrons. The molecule has 1 fully saturated rings. The summed E-state index contributed by atoms with van der Waals surface area (Å²) in [6, 6.07) is 6.65. The Morgan fingerprint density at radius 1 is 1.11 bits per heavy atom. The van der Waals surface area contributed by atoms with Crippen molar-refractivity contribution in [1.29, 1.82) is 0 Å². The topological polar surface area (TPSA) is 84.5 Å². The number of rotatable bonds is 8. The zero-order valence-corrected chi connectivity index (χ0v) is 17.5. The minimum Gasteiger partial charge on any atom is -0.464 e. The molecule has 0 aliphatic heterocycles. The van der Waals surface area contributed by atoms with Gasteiger partial charge in [0.15, 0.2) is 0 Å². The maximum absolute atomic E-state index is 12.6. The molecule has 1 aromatic rings. The maximum atomic E-state index is 12.6. The summed E-state index contributed by atoms with van der Waals surface area (Å²) in [6.07, 6.45) is 2.19. The summed E-state index contributed by atoms with van der Waals surface area (Å²) >= 11 is 0. The maximum Gasteiger partial charge on any atom is 0.325 e. The Morgan fingerprint density at radius 3 is 2.21 bits per heavy atom. The molecule has 0 radical (unpaired) electrons. The quantitative estimate of drug-likeness (QED) is 0.671. The molecule has 2 rings (SSSR count). The number of amides is 2. The van der Waals surface area contributed by atoms with Crippen molar-refractivity contribution in [3.8, 4) is 0 Å². The number of esters is 1. The summed E-state index contributed by atoms with van der Waals surface area (Å²) in [4.78, 5) is 36.7. The van der Waals surface area contributed by atoms with Crippen LogP contribution in [0.15, 0.2) is 24.3 Å². The zero-order valence-electron chi connectivity index (χ0n) is 17.5. The molecule has 1 aliphatic carbocycles. The Kier molecular flexibility index (Phi) is 7.22. The Bertz CT molecular complexity index is 700. The van der Waals surface area contributed by atoms with Crippen molar-refractivity contribution in [1.82, 2.24) is 10.6 Å². The first-order valence-corrected chi connectivity index (χ1v) is 9.92. The van der Waals surface area contributed by atoms with Crippen molar-refractivity contribution in [2.75, 3.05) is 13.2 Å². The van der Waals surface area contributed by atoms with Crippen LogP contribution in [0.3, 0.4) is 0 Å². The second-order valence-electron chi connectivity index (χ2n) is 8.87. The molecule has 1 unspecified atom stereocenters. The van der Waals surface area contributed by atoms with Crippen LogP contribution < -0.4 is 10.6 Å². The molecule has 1 aliphatic rings. The van der Waals surface area contributed by atoms with Gasteiger partial charge in [-0.25, -0.2) is 0 Å². The highest BCUT2D eigenvalue weighted by Crippen LogP contribution is 2.28. The van der Waals surface area contributed by atoms with Crippen molar-refractivity contribution >= 4 is 17.8 Å². The van der Waals surface area contributed by atoms with Crippen LogP contribution in [0.1, 0.15) is 63.4 Å². The SMILES string of the molecule is CC(C)C(NC(=O)c1ccc(C(C)(C)C)cc1)C(=O)NCC(=O)OCC1CC1. The number of ether oxygens (including phenoxy) is 1. The lowest BCUT2D eigenvalue weighted by Gasteiger charge is -2.22. The number of carbonyl (C=O) groups is 3. The second kappa shape index (κ2) is 9.22. The molecule has 1 aromatic carbocycles. The molecule has 0 bridgehead atoms. The minimum atomic E-state index is -0.731. The smallest absolute Gasteiger partial charge is 0.325 e. The van der Waals surface area contributed by atoms with E-state index >= 15 is 0 Å². The van der Waals surface area contributed by atoms with Gasteiger partial charge in [-0.15, -0.1) is 0 Å². The fraction of sp³-hybridized carbons (Fsp3) is 0.591. The second-order valence-corrected chi connectivity index (χ2v) is 8.87. The van der Waals surface area contributed by atoms with Crippen molar-refractivity contribution < 1.29 is 19.1 Å². The number of hydrogen-bond donors (Lipinski definition) is 2. The fourth-order valence-corrected chi connectivity index (χ4v) is 2.70. The lowest BCUT2D eigenvalue weighted by molar-refractivity contribution is -0.144. The zero-order chi connectivity index (χ0) is 20.9. The predicted molar refractivity (Wildman–Crippen MR) is 108 cm³/mol. The molecule has 1 saturated carbocycles. The molecule has 0 spiro atoms. The van der Waals surface area contributed by atoms with E-state index in [1.807, 2.05) is 26.0 Å². The van der Waals surface area contributed by atoms with Gasteiger partial charge < -0.3 is 15.4 Å². The average Bonchev–Trinajstić information content (AvgIpc) is 3.45. The van der Waals surface area contributed by atoms with Crippen LogP contribution in [0.5, 0.6) is 0 Å². The van der Waals surface area contributed by atoms with Crippen molar-refractivity contribution in [3.63, 3.8) is 0 Å². The first-order chi connectivity index (χ1) is 13.1. The van der Waals surface area contributed by atoms with Gasteiger partial charge in [0.05, 0.1) is 6.61 Å². The van der Waals surface area contributed by atoms with E-state index in [9.17, 15) is 14.4 Å². The van der Waals surface area contributed by atoms with E-state index < -0.39 is 17.9 Å². The highest BCUT2D eigenvalue weighted by atomic mass is 16.5. The van der Waals surface area contributed by atoms with Crippen LogP contribution in [-0.2, 0) is 19.7 Å². The molecule has 0 aromatic heterocycles. The fourth-order valence-electron chi connectivity index (χ4n) is 2.70. The Labute approximate surface area is 167 Å². The van der Waals surface area contributed by atoms with Crippen LogP contribution in [0, 0.1) is 11.8 Å². The summed E-state index contributed by atoms with van der Waals surface area (Å²) in [5.41, 5.74) is 1.63. The highest BCUT2D eigenvalue weighted by molar-refractivity contribution is 5.98. The molecule has 6 nitrogen and oxygen atoms in total. The number of benzene rings is 1. The van der Waals surface area contributed by atoms with E-state index in [4.69, 9.17) is 4.74 Å². The lowest BCUT2D eigenvalue weighted by Crippen LogP contribution is -2.50. The Hall–Kier alpha value is -2.37. The Morgan fingerprint density at radius 2 is 1.71 bits per heavy atom. The van der Waals surface area contributed by atoms with Gasteiger partial charge in [0.25, 0.3) is 5.91 Å². The molecular formula is C22H32N2O4. The van der Waals surface area contributed by atoms with Gasteiger partial charge >= 0.3 is 5.97 Å².